The molecule has 0 aliphatic rings. The van der Waals surface area contributed by atoms with Gasteiger partial charge in [0.15, 0.2) is 15.1 Å². The highest BCUT2D eigenvalue weighted by Crippen LogP contribution is 2.26. The number of ether oxygens (including phenoxy) is 2. The van der Waals surface area contributed by atoms with E-state index in [-0.39, 0.29) is 17.9 Å². The third kappa shape index (κ3) is 7.14. The molecule has 0 aromatic heterocycles. The van der Waals surface area contributed by atoms with Gasteiger partial charge < -0.3 is 14.8 Å². The molecular weight excluding hydrogens is 450 g/mol. The molecule has 0 aliphatic carbocycles. The molecule has 2 rings (SSSR count). The summed E-state index contributed by atoms with van der Waals surface area (Å²) in [5.41, 5.74) is 2.75. The Labute approximate surface area is 191 Å². The van der Waals surface area contributed by atoms with E-state index in [4.69, 9.17) is 9.47 Å². The summed E-state index contributed by atoms with van der Waals surface area (Å²) < 4.78 is 36.1. The topological polar surface area (TPSA) is 140 Å². The smallest absolute Gasteiger partial charge is 0.339 e. The van der Waals surface area contributed by atoms with Gasteiger partial charge >= 0.3 is 18.0 Å². The molecule has 11 heteroatoms. The predicted molar refractivity (Wildman–Crippen MR) is 121 cm³/mol. The lowest BCUT2D eigenvalue weighted by atomic mass is 10.0. The van der Waals surface area contributed by atoms with E-state index in [1.807, 2.05) is 0 Å². The van der Waals surface area contributed by atoms with Crippen LogP contribution >= 0.6 is 0 Å². The van der Waals surface area contributed by atoms with Crippen LogP contribution in [-0.4, -0.2) is 51.6 Å². The zero-order chi connectivity index (χ0) is 24.3. The van der Waals surface area contributed by atoms with Gasteiger partial charge in [-0.05, 0) is 37.6 Å². The zero-order valence-corrected chi connectivity index (χ0v) is 18.9. The van der Waals surface area contributed by atoms with Crippen molar-refractivity contribution in [2.75, 3.05) is 19.0 Å². The first kappa shape index (κ1) is 25.5. The molecule has 2 atom stereocenters. The van der Waals surface area contributed by atoms with E-state index in [0.717, 1.165) is 13.3 Å². The van der Waals surface area contributed by atoms with Gasteiger partial charge in [-0.25, -0.2) is 18.6 Å². The molecule has 0 bridgehead atoms. The normalized spacial score (nSPS) is 13.0. The average Bonchev–Trinajstić information content (AvgIpc) is 2.81. The number of nitrogens with zero attached hydrogens (tertiary/aromatic N) is 1. The Morgan fingerprint density at radius 1 is 1.00 bits per heavy atom. The minimum atomic E-state index is -4.31. The van der Waals surface area contributed by atoms with Gasteiger partial charge in [0.25, 0.3) is 0 Å². The number of hydrazone groups is 1. The van der Waals surface area contributed by atoms with Crippen LogP contribution < -0.4 is 10.7 Å². The monoisotopic (exact) mass is 475 g/mol. The number of anilines is 1. The van der Waals surface area contributed by atoms with E-state index in [2.05, 4.69) is 15.8 Å². The third-order valence-corrected chi connectivity index (χ3v) is 6.56. The molecule has 0 saturated heterocycles. The zero-order valence-electron chi connectivity index (χ0n) is 18.1. The van der Waals surface area contributed by atoms with Gasteiger partial charge in [0.1, 0.15) is 0 Å². The summed E-state index contributed by atoms with van der Waals surface area (Å²) in [5.74, 6) is -3.47. The quantitative estimate of drug-likeness (QED) is 0.305. The van der Waals surface area contributed by atoms with Gasteiger partial charge in [-0.3, -0.25) is 9.59 Å². The summed E-state index contributed by atoms with van der Waals surface area (Å²) in [6.45, 7) is 1.53. The molecule has 176 valence electrons. The lowest BCUT2D eigenvalue weighted by Gasteiger charge is -2.22. The van der Waals surface area contributed by atoms with Crippen molar-refractivity contribution < 1.29 is 32.3 Å². The maximum absolute atomic E-state index is 13.2. The van der Waals surface area contributed by atoms with Crippen LogP contribution in [0.25, 0.3) is 0 Å². The highest BCUT2D eigenvalue weighted by molar-refractivity contribution is 7.92. The van der Waals surface area contributed by atoms with E-state index in [1.54, 1.807) is 43.3 Å². The minimum Gasteiger partial charge on any atom is -0.468 e. The van der Waals surface area contributed by atoms with Gasteiger partial charge in [0, 0.05) is 11.9 Å². The van der Waals surface area contributed by atoms with Gasteiger partial charge in [-0.2, -0.15) is 5.10 Å². The lowest BCUT2D eigenvalue weighted by Crippen LogP contribution is -2.43. The van der Waals surface area contributed by atoms with Crippen molar-refractivity contribution in [1.29, 1.82) is 0 Å². The van der Waals surface area contributed by atoms with E-state index >= 15 is 0 Å². The number of urea groups is 1. The Morgan fingerprint density at radius 3 is 2.18 bits per heavy atom. The van der Waals surface area contributed by atoms with E-state index in [9.17, 15) is 22.8 Å². The van der Waals surface area contributed by atoms with Crippen LogP contribution in [0.1, 0.15) is 13.3 Å². The molecule has 0 spiro atoms. The fraction of sp³-hybridized carbons (Fsp3) is 0.273. The Balaban J connectivity index is 2.23. The van der Waals surface area contributed by atoms with Crippen LogP contribution in [0.5, 0.6) is 0 Å². The molecule has 2 aromatic rings. The average molecular weight is 476 g/mol. The second kappa shape index (κ2) is 12.3. The van der Waals surface area contributed by atoms with Gasteiger partial charge in [0.05, 0.1) is 24.5 Å². The standard InChI is InChI=1S/C22H25N3O7S/c1-3-32-20(26)18(14-15-23-25-22(28)24-16-10-6-4-7-11-16)19(21(27)31-2)33(29,30)17-12-8-5-9-13-17/h4-13,15,18-19H,3,14H2,1-2H3,(H2,24,25,28)/b23-15+. The van der Waals surface area contributed by atoms with E-state index in [0.29, 0.717) is 5.69 Å². The highest BCUT2D eigenvalue weighted by Gasteiger charge is 2.45. The van der Waals surface area contributed by atoms with Gasteiger partial charge in [-0.15, -0.1) is 0 Å². The van der Waals surface area contributed by atoms with Crippen LogP contribution in [-0.2, 0) is 28.9 Å². The van der Waals surface area contributed by atoms with Crippen molar-refractivity contribution in [1.82, 2.24) is 5.43 Å². The van der Waals surface area contributed by atoms with Crippen molar-refractivity contribution in [3.8, 4) is 0 Å². The van der Waals surface area contributed by atoms with Crippen molar-refractivity contribution in [2.24, 2.45) is 11.0 Å². The number of methoxy groups -OCH3 is 1. The molecule has 0 fully saturated rings. The first-order valence-corrected chi connectivity index (χ1v) is 11.5. The number of hydrogen-bond acceptors (Lipinski definition) is 8. The Morgan fingerprint density at radius 2 is 1.61 bits per heavy atom. The molecule has 33 heavy (non-hydrogen) atoms. The molecule has 0 heterocycles. The fourth-order valence-corrected chi connectivity index (χ4v) is 4.76. The maximum Gasteiger partial charge on any atom is 0.339 e. The molecule has 0 aliphatic heterocycles. The van der Waals surface area contributed by atoms with E-state index in [1.165, 1.54) is 24.3 Å². The lowest BCUT2D eigenvalue weighted by molar-refractivity contribution is -0.153. The van der Waals surface area contributed by atoms with E-state index < -0.39 is 39.0 Å². The van der Waals surface area contributed by atoms with Gasteiger partial charge in [-0.1, -0.05) is 36.4 Å². The van der Waals surface area contributed by atoms with Crippen LogP contribution in [0.4, 0.5) is 10.5 Å². The number of para-hydroxylation sites is 1. The van der Waals surface area contributed by atoms with Crippen molar-refractivity contribution >= 4 is 39.7 Å². The number of amides is 2. The van der Waals surface area contributed by atoms with Crippen molar-refractivity contribution in [2.45, 2.75) is 23.5 Å². The van der Waals surface area contributed by atoms with Crippen LogP contribution in [0, 0.1) is 5.92 Å². The summed E-state index contributed by atoms with van der Waals surface area (Å²) in [6, 6.07) is 15.2. The van der Waals surface area contributed by atoms with Crippen molar-refractivity contribution in [3.63, 3.8) is 0 Å². The Hall–Kier alpha value is -3.73. The van der Waals surface area contributed by atoms with Crippen LogP contribution in [0.2, 0.25) is 0 Å². The van der Waals surface area contributed by atoms with Gasteiger partial charge in [0.2, 0.25) is 0 Å². The summed E-state index contributed by atoms with van der Waals surface area (Å²) in [7, 11) is -3.28. The first-order valence-electron chi connectivity index (χ1n) is 9.98. The largest absolute Gasteiger partial charge is 0.468 e. The molecular formula is C22H25N3O7S. The number of esters is 2. The second-order valence-corrected chi connectivity index (χ2v) is 8.71. The van der Waals surface area contributed by atoms with Crippen molar-refractivity contribution in [3.05, 3.63) is 60.7 Å². The van der Waals surface area contributed by atoms with Crippen LogP contribution in [0.3, 0.4) is 0 Å². The molecule has 10 nitrogen and oxygen atoms in total. The number of carbonyl (C=O) groups is 3. The first-order chi connectivity index (χ1) is 15.8. The summed E-state index contributed by atoms with van der Waals surface area (Å²) in [5, 5.41) is 4.41. The summed E-state index contributed by atoms with van der Waals surface area (Å²) in [6.07, 6.45) is 0.818. The molecule has 2 amide bonds. The number of nitrogens with one attached hydrogen (secondary N) is 2. The molecule has 2 N–H and O–H groups in total. The SMILES string of the molecule is CCOC(=O)C(C/C=N/NC(=O)Nc1ccccc1)C(C(=O)OC)S(=O)(=O)c1ccccc1. The number of benzene rings is 2. The molecule has 2 aromatic carbocycles. The molecule has 2 unspecified atom stereocenters. The number of hydrogen-bond donors (Lipinski definition) is 2. The highest BCUT2D eigenvalue weighted by atomic mass is 32.2. The maximum atomic E-state index is 13.2. The number of carbonyl (C=O) groups excluding carboxylic acids is 3. The minimum absolute atomic E-state index is 0.0243. The summed E-state index contributed by atoms with van der Waals surface area (Å²) in [4.78, 5) is 36.9. The molecule has 0 saturated carbocycles. The summed E-state index contributed by atoms with van der Waals surface area (Å²) >= 11 is 0. The second-order valence-electron chi connectivity index (χ2n) is 6.64. The number of rotatable bonds is 10. The molecule has 0 radical (unpaired) electrons. The fourth-order valence-electron chi connectivity index (χ4n) is 2.92. The Bertz CT molecular complexity index is 1070. The van der Waals surface area contributed by atoms with Crippen LogP contribution in [0.15, 0.2) is 70.7 Å². The predicted octanol–water partition coefficient (Wildman–Crippen LogP) is 2.38. The third-order valence-electron chi connectivity index (χ3n) is 4.44. The number of sulfone groups is 1. The Kier molecular flexibility index (Phi) is 9.55.